The number of carbonyl (C=O) groups is 2. The lowest BCUT2D eigenvalue weighted by molar-refractivity contribution is -0.123. The highest BCUT2D eigenvalue weighted by molar-refractivity contribution is 5.94. The van der Waals surface area contributed by atoms with Gasteiger partial charge in [-0.05, 0) is 24.1 Å². The summed E-state index contributed by atoms with van der Waals surface area (Å²) in [5, 5.41) is 7.69. The molecule has 7 heteroatoms. The highest BCUT2D eigenvalue weighted by Crippen LogP contribution is 2.24. The number of amides is 2. The van der Waals surface area contributed by atoms with Crippen molar-refractivity contribution in [3.05, 3.63) is 35.4 Å². The molecular weight excluding hydrogens is 292 g/mol. The smallest absolute Gasteiger partial charge is 0.262 e. The molecule has 3 N–H and O–H groups in total. The minimum atomic E-state index is -2.82. The molecule has 22 heavy (non-hydrogen) atoms. The van der Waals surface area contributed by atoms with Crippen molar-refractivity contribution in [3.63, 3.8) is 0 Å². The second kappa shape index (κ2) is 6.83. The van der Waals surface area contributed by atoms with Crippen LogP contribution in [-0.2, 0) is 11.2 Å². The Morgan fingerprint density at radius 3 is 2.82 bits per heavy atom. The van der Waals surface area contributed by atoms with Gasteiger partial charge in [-0.15, -0.1) is 0 Å². The van der Waals surface area contributed by atoms with E-state index in [1.54, 1.807) is 25.2 Å². The summed E-state index contributed by atoms with van der Waals surface area (Å²) >= 11 is 0. The van der Waals surface area contributed by atoms with E-state index in [0.717, 1.165) is 5.56 Å². The van der Waals surface area contributed by atoms with Crippen molar-refractivity contribution in [2.75, 3.05) is 20.1 Å². The zero-order valence-corrected chi connectivity index (χ0v) is 12.3. The Bertz CT molecular complexity index is 563. The van der Waals surface area contributed by atoms with Crippen LogP contribution in [0.2, 0.25) is 0 Å². The first-order valence-electron chi connectivity index (χ1n) is 7.11. The van der Waals surface area contributed by atoms with Gasteiger partial charge in [0.2, 0.25) is 5.91 Å². The van der Waals surface area contributed by atoms with Gasteiger partial charge in [-0.3, -0.25) is 14.9 Å². The van der Waals surface area contributed by atoms with Gasteiger partial charge in [0.15, 0.2) is 0 Å². The zero-order chi connectivity index (χ0) is 16.2. The number of benzene rings is 1. The third-order valence-electron chi connectivity index (χ3n) is 3.56. The third kappa shape index (κ3) is 4.24. The van der Waals surface area contributed by atoms with E-state index in [1.165, 1.54) is 0 Å². The van der Waals surface area contributed by atoms with Crippen LogP contribution in [0, 0.1) is 0 Å². The first-order valence-corrected chi connectivity index (χ1v) is 7.11. The molecule has 1 unspecified atom stereocenters. The summed E-state index contributed by atoms with van der Waals surface area (Å²) in [6, 6.07) is 6.21. The van der Waals surface area contributed by atoms with E-state index < -0.39 is 30.8 Å². The highest BCUT2D eigenvalue weighted by Gasteiger charge is 2.42. The van der Waals surface area contributed by atoms with E-state index in [4.69, 9.17) is 0 Å². The Labute approximate surface area is 127 Å². The number of hydrogen-bond acceptors (Lipinski definition) is 3. The number of hydrogen-bond donors (Lipinski definition) is 3. The molecule has 120 valence electrons. The average Bonchev–Trinajstić information content (AvgIpc) is 2.87. The summed E-state index contributed by atoms with van der Waals surface area (Å²) in [6.45, 7) is -0.126. The predicted molar refractivity (Wildman–Crippen MR) is 77.9 cm³/mol. The minimum absolute atomic E-state index is 0.178. The molecular formula is C15H19F2N3O2. The summed E-state index contributed by atoms with van der Waals surface area (Å²) < 4.78 is 26.0. The summed E-state index contributed by atoms with van der Waals surface area (Å²) in [5.74, 6) is -3.41. The van der Waals surface area contributed by atoms with E-state index in [2.05, 4.69) is 16.0 Å². The van der Waals surface area contributed by atoms with Crippen LogP contribution >= 0.6 is 0 Å². The Hall–Kier alpha value is -2.02. The Morgan fingerprint density at radius 2 is 2.18 bits per heavy atom. The lowest BCUT2D eigenvalue weighted by Crippen LogP contribution is -2.41. The molecule has 1 atom stereocenters. The quantitative estimate of drug-likeness (QED) is 0.750. The Kier molecular flexibility index (Phi) is 5.07. The molecule has 0 aromatic heterocycles. The maximum atomic E-state index is 13.0. The average molecular weight is 311 g/mol. The molecule has 1 heterocycles. The largest absolute Gasteiger partial charge is 0.355 e. The second-order valence-corrected chi connectivity index (χ2v) is 5.31. The predicted octanol–water partition coefficient (Wildman–Crippen LogP) is 0.702. The molecule has 1 aliphatic heterocycles. The topological polar surface area (TPSA) is 70.2 Å². The SMILES string of the molecule is CNC(=O)c1cccc(CCNC(=O)C2CC(F)(F)CN2)c1. The van der Waals surface area contributed by atoms with Gasteiger partial charge in [0.05, 0.1) is 12.6 Å². The number of rotatable bonds is 5. The molecule has 2 rings (SSSR count). The zero-order valence-electron chi connectivity index (χ0n) is 12.3. The normalized spacial score (nSPS) is 19.7. The maximum Gasteiger partial charge on any atom is 0.262 e. The summed E-state index contributed by atoms with van der Waals surface area (Å²) in [4.78, 5) is 23.3. The van der Waals surface area contributed by atoms with Gasteiger partial charge in [0.1, 0.15) is 0 Å². The van der Waals surface area contributed by atoms with Crippen molar-refractivity contribution in [1.82, 2.24) is 16.0 Å². The van der Waals surface area contributed by atoms with Gasteiger partial charge in [-0.2, -0.15) is 0 Å². The molecule has 0 spiro atoms. The van der Waals surface area contributed by atoms with Crippen LogP contribution in [0.5, 0.6) is 0 Å². The van der Waals surface area contributed by atoms with Crippen LogP contribution in [0.1, 0.15) is 22.3 Å². The van der Waals surface area contributed by atoms with Gasteiger partial charge in [0.25, 0.3) is 11.8 Å². The lowest BCUT2D eigenvalue weighted by atomic mass is 10.1. The van der Waals surface area contributed by atoms with Gasteiger partial charge < -0.3 is 10.6 Å². The third-order valence-corrected chi connectivity index (χ3v) is 3.56. The molecule has 1 aliphatic rings. The lowest BCUT2D eigenvalue weighted by Gasteiger charge is -2.11. The molecule has 0 aliphatic carbocycles. The molecule has 1 aromatic carbocycles. The summed E-state index contributed by atoms with van der Waals surface area (Å²) in [7, 11) is 1.56. The molecule has 2 amide bonds. The number of alkyl halides is 2. The van der Waals surface area contributed by atoms with E-state index in [9.17, 15) is 18.4 Å². The van der Waals surface area contributed by atoms with Crippen LogP contribution in [0.15, 0.2) is 24.3 Å². The van der Waals surface area contributed by atoms with E-state index in [-0.39, 0.29) is 5.91 Å². The van der Waals surface area contributed by atoms with E-state index >= 15 is 0 Å². The summed E-state index contributed by atoms with van der Waals surface area (Å²) in [5.41, 5.74) is 1.44. The molecule has 1 fully saturated rings. The van der Waals surface area contributed by atoms with Gasteiger partial charge in [0, 0.05) is 25.6 Å². The molecule has 1 saturated heterocycles. The fraction of sp³-hybridized carbons (Fsp3) is 0.467. The second-order valence-electron chi connectivity index (χ2n) is 5.31. The van der Waals surface area contributed by atoms with Crippen molar-refractivity contribution < 1.29 is 18.4 Å². The number of nitrogens with one attached hydrogen (secondary N) is 3. The maximum absolute atomic E-state index is 13.0. The molecule has 0 bridgehead atoms. The van der Waals surface area contributed by atoms with Crippen LogP contribution in [0.4, 0.5) is 8.78 Å². The van der Waals surface area contributed by atoms with Gasteiger partial charge in [-0.25, -0.2) is 8.78 Å². The van der Waals surface area contributed by atoms with Crippen LogP contribution < -0.4 is 16.0 Å². The standard InChI is InChI=1S/C15H19F2N3O2/c1-18-13(21)11-4-2-3-10(7-11)5-6-19-14(22)12-8-15(16,17)9-20-12/h2-4,7,12,20H,5-6,8-9H2,1H3,(H,18,21)(H,19,22). The van der Waals surface area contributed by atoms with Crippen molar-refractivity contribution in [3.8, 4) is 0 Å². The monoisotopic (exact) mass is 311 g/mol. The van der Waals surface area contributed by atoms with E-state index in [1.807, 2.05) is 6.07 Å². The number of carbonyl (C=O) groups excluding carboxylic acids is 2. The minimum Gasteiger partial charge on any atom is -0.355 e. The number of halogens is 2. The van der Waals surface area contributed by atoms with Crippen molar-refractivity contribution in [2.45, 2.75) is 24.8 Å². The van der Waals surface area contributed by atoms with Crippen molar-refractivity contribution in [1.29, 1.82) is 0 Å². The fourth-order valence-electron chi connectivity index (χ4n) is 2.37. The van der Waals surface area contributed by atoms with Crippen LogP contribution in [0.3, 0.4) is 0 Å². The Balaban J connectivity index is 1.81. The van der Waals surface area contributed by atoms with Crippen molar-refractivity contribution >= 4 is 11.8 Å². The van der Waals surface area contributed by atoms with Gasteiger partial charge in [-0.1, -0.05) is 12.1 Å². The van der Waals surface area contributed by atoms with E-state index in [0.29, 0.717) is 18.5 Å². The highest BCUT2D eigenvalue weighted by atomic mass is 19.3. The fourth-order valence-corrected chi connectivity index (χ4v) is 2.37. The molecule has 0 radical (unpaired) electrons. The van der Waals surface area contributed by atoms with Crippen LogP contribution in [0.25, 0.3) is 0 Å². The van der Waals surface area contributed by atoms with Crippen LogP contribution in [-0.4, -0.2) is 43.9 Å². The summed E-state index contributed by atoms with van der Waals surface area (Å²) in [6.07, 6.45) is 0.0602. The first kappa shape index (κ1) is 16.4. The molecule has 5 nitrogen and oxygen atoms in total. The Morgan fingerprint density at radius 1 is 1.41 bits per heavy atom. The first-order chi connectivity index (χ1) is 10.4. The van der Waals surface area contributed by atoms with Gasteiger partial charge >= 0.3 is 0 Å². The van der Waals surface area contributed by atoms with Crippen molar-refractivity contribution in [2.24, 2.45) is 0 Å². The molecule has 1 aromatic rings. The molecule has 0 saturated carbocycles.